The molecule has 0 saturated heterocycles. The maximum Gasteiger partial charge on any atom is 0.0604 e. The monoisotopic (exact) mass is 289 g/mol. The molecule has 1 aliphatic heterocycles. The van der Waals surface area contributed by atoms with Crippen LogP contribution in [0.3, 0.4) is 0 Å². The van der Waals surface area contributed by atoms with E-state index in [1.165, 1.54) is 50.0 Å². The second kappa shape index (κ2) is 8.28. The summed E-state index contributed by atoms with van der Waals surface area (Å²) in [4.78, 5) is 4.92. The summed E-state index contributed by atoms with van der Waals surface area (Å²) >= 11 is 0. The fourth-order valence-corrected chi connectivity index (χ4v) is 3.45. The van der Waals surface area contributed by atoms with Gasteiger partial charge in [0.15, 0.2) is 0 Å². The molecule has 1 aromatic carbocycles. The van der Waals surface area contributed by atoms with Crippen molar-refractivity contribution in [1.82, 2.24) is 0 Å². The molecule has 0 fully saturated rings. The van der Waals surface area contributed by atoms with Gasteiger partial charge in [-0.15, -0.1) is 0 Å². The molecular weight excluding hydrogens is 258 g/mol. The van der Waals surface area contributed by atoms with Crippen molar-refractivity contribution in [2.45, 2.75) is 39.0 Å². The molecule has 1 unspecified atom stereocenters. The largest absolute Gasteiger partial charge is 0.371 e. The standard InChI is InChI=1S/C18H31N3/c1-3-7-16(11-12-19)8-6-13-21-15-14-20(2)17-9-4-5-10-18(17)21/h4-5,9-10,16H,3,6-8,11-15,19H2,1-2H3. The zero-order valence-electron chi connectivity index (χ0n) is 13.7. The first-order valence-corrected chi connectivity index (χ1v) is 8.51. The first-order chi connectivity index (χ1) is 10.3. The van der Waals surface area contributed by atoms with Crippen LogP contribution in [-0.2, 0) is 0 Å². The first kappa shape index (κ1) is 16.2. The third-order valence-electron chi connectivity index (χ3n) is 4.65. The highest BCUT2D eigenvalue weighted by Crippen LogP contribution is 2.32. The van der Waals surface area contributed by atoms with Gasteiger partial charge in [-0.3, -0.25) is 0 Å². The number of likely N-dealkylation sites (N-methyl/N-ethyl adjacent to an activating group) is 1. The molecule has 118 valence electrons. The van der Waals surface area contributed by atoms with E-state index in [9.17, 15) is 0 Å². The predicted molar refractivity (Wildman–Crippen MR) is 93.2 cm³/mol. The summed E-state index contributed by atoms with van der Waals surface area (Å²) in [7, 11) is 2.19. The van der Waals surface area contributed by atoms with Gasteiger partial charge in [0, 0.05) is 26.7 Å². The van der Waals surface area contributed by atoms with Crippen LogP contribution in [0.2, 0.25) is 0 Å². The summed E-state index contributed by atoms with van der Waals surface area (Å²) in [6, 6.07) is 8.78. The summed E-state index contributed by atoms with van der Waals surface area (Å²) in [5.41, 5.74) is 8.51. The minimum Gasteiger partial charge on any atom is -0.371 e. The molecule has 0 spiro atoms. The van der Waals surface area contributed by atoms with Gasteiger partial charge in [-0.1, -0.05) is 31.9 Å². The average molecular weight is 289 g/mol. The lowest BCUT2D eigenvalue weighted by Gasteiger charge is -2.37. The maximum absolute atomic E-state index is 5.74. The zero-order valence-corrected chi connectivity index (χ0v) is 13.7. The van der Waals surface area contributed by atoms with E-state index in [2.05, 4.69) is 48.0 Å². The molecule has 1 aliphatic rings. The Labute approximate surface area is 130 Å². The van der Waals surface area contributed by atoms with Gasteiger partial charge in [-0.2, -0.15) is 0 Å². The van der Waals surface area contributed by atoms with Crippen molar-refractivity contribution < 1.29 is 0 Å². The molecule has 0 aliphatic carbocycles. The number of fused-ring (bicyclic) bond motifs is 1. The quantitative estimate of drug-likeness (QED) is 0.795. The molecule has 0 bridgehead atoms. The van der Waals surface area contributed by atoms with Crippen molar-refractivity contribution in [3.05, 3.63) is 24.3 Å². The van der Waals surface area contributed by atoms with Crippen LogP contribution in [0.5, 0.6) is 0 Å². The summed E-state index contributed by atoms with van der Waals surface area (Å²) in [6.45, 7) is 6.55. The van der Waals surface area contributed by atoms with Gasteiger partial charge >= 0.3 is 0 Å². The lowest BCUT2D eigenvalue weighted by molar-refractivity contribution is 0.409. The lowest BCUT2D eigenvalue weighted by atomic mass is 9.94. The summed E-state index contributed by atoms with van der Waals surface area (Å²) in [5.74, 6) is 0.822. The smallest absolute Gasteiger partial charge is 0.0604 e. The van der Waals surface area contributed by atoms with E-state index >= 15 is 0 Å². The van der Waals surface area contributed by atoms with Crippen molar-refractivity contribution in [2.24, 2.45) is 11.7 Å². The van der Waals surface area contributed by atoms with E-state index in [0.717, 1.165) is 25.6 Å². The number of nitrogens with two attached hydrogens (primary N) is 1. The Kier molecular flexibility index (Phi) is 6.37. The van der Waals surface area contributed by atoms with Crippen molar-refractivity contribution in [3.8, 4) is 0 Å². The number of benzene rings is 1. The van der Waals surface area contributed by atoms with Crippen LogP contribution in [0.4, 0.5) is 11.4 Å². The van der Waals surface area contributed by atoms with E-state index in [1.807, 2.05) is 0 Å². The molecule has 3 heteroatoms. The van der Waals surface area contributed by atoms with Gasteiger partial charge in [-0.05, 0) is 43.9 Å². The van der Waals surface area contributed by atoms with Crippen LogP contribution in [0, 0.1) is 5.92 Å². The minimum absolute atomic E-state index is 0.822. The highest BCUT2D eigenvalue weighted by molar-refractivity contribution is 5.72. The van der Waals surface area contributed by atoms with E-state index in [0.29, 0.717) is 0 Å². The Bertz CT molecular complexity index is 413. The predicted octanol–water partition coefficient (Wildman–Crippen LogP) is 3.49. The second-order valence-electron chi connectivity index (χ2n) is 6.27. The summed E-state index contributed by atoms with van der Waals surface area (Å²) in [5, 5.41) is 0. The Balaban J connectivity index is 1.88. The molecule has 0 saturated carbocycles. The molecule has 2 rings (SSSR count). The zero-order chi connectivity index (χ0) is 15.1. The average Bonchev–Trinajstić information content (AvgIpc) is 2.50. The molecule has 0 aromatic heterocycles. The highest BCUT2D eigenvalue weighted by Gasteiger charge is 2.19. The normalized spacial score (nSPS) is 16.0. The van der Waals surface area contributed by atoms with Gasteiger partial charge in [0.2, 0.25) is 0 Å². The molecule has 21 heavy (non-hydrogen) atoms. The lowest BCUT2D eigenvalue weighted by Crippen LogP contribution is -2.39. The van der Waals surface area contributed by atoms with Crippen LogP contribution in [0.15, 0.2) is 24.3 Å². The molecule has 2 N–H and O–H groups in total. The Morgan fingerprint density at radius 2 is 1.86 bits per heavy atom. The molecule has 3 nitrogen and oxygen atoms in total. The molecule has 0 radical (unpaired) electrons. The maximum atomic E-state index is 5.74. The van der Waals surface area contributed by atoms with Gasteiger partial charge in [-0.25, -0.2) is 0 Å². The number of hydrogen-bond donors (Lipinski definition) is 1. The molecule has 0 amide bonds. The highest BCUT2D eigenvalue weighted by atomic mass is 15.2. The molecular formula is C18H31N3. The van der Waals surface area contributed by atoms with Crippen LogP contribution in [0.25, 0.3) is 0 Å². The Morgan fingerprint density at radius 3 is 2.57 bits per heavy atom. The van der Waals surface area contributed by atoms with Crippen LogP contribution in [-0.4, -0.2) is 33.2 Å². The number of hydrogen-bond acceptors (Lipinski definition) is 3. The van der Waals surface area contributed by atoms with E-state index < -0.39 is 0 Å². The van der Waals surface area contributed by atoms with E-state index in [1.54, 1.807) is 0 Å². The second-order valence-corrected chi connectivity index (χ2v) is 6.27. The van der Waals surface area contributed by atoms with Gasteiger partial charge in [0.1, 0.15) is 0 Å². The van der Waals surface area contributed by atoms with Gasteiger partial charge in [0.05, 0.1) is 11.4 Å². The Morgan fingerprint density at radius 1 is 1.10 bits per heavy atom. The topological polar surface area (TPSA) is 32.5 Å². The fraction of sp³-hybridized carbons (Fsp3) is 0.667. The minimum atomic E-state index is 0.822. The third-order valence-corrected chi connectivity index (χ3v) is 4.65. The summed E-state index contributed by atoms with van der Waals surface area (Å²) < 4.78 is 0. The van der Waals surface area contributed by atoms with E-state index in [4.69, 9.17) is 5.73 Å². The van der Waals surface area contributed by atoms with Gasteiger partial charge < -0.3 is 15.5 Å². The van der Waals surface area contributed by atoms with Crippen molar-refractivity contribution in [2.75, 3.05) is 43.0 Å². The number of anilines is 2. The SMILES string of the molecule is CCCC(CCN)CCCN1CCN(C)c2ccccc21. The Hall–Kier alpha value is -1.22. The number of para-hydroxylation sites is 2. The number of rotatable bonds is 8. The molecule has 1 aromatic rings. The van der Waals surface area contributed by atoms with Crippen LogP contribution >= 0.6 is 0 Å². The van der Waals surface area contributed by atoms with Crippen molar-refractivity contribution in [3.63, 3.8) is 0 Å². The number of nitrogens with zero attached hydrogens (tertiary/aromatic N) is 2. The first-order valence-electron chi connectivity index (χ1n) is 8.51. The van der Waals surface area contributed by atoms with Crippen molar-refractivity contribution >= 4 is 11.4 Å². The summed E-state index contributed by atoms with van der Waals surface area (Å²) in [6.07, 6.45) is 6.40. The van der Waals surface area contributed by atoms with Crippen LogP contribution in [0.1, 0.15) is 39.0 Å². The molecule has 1 atom stereocenters. The third kappa shape index (κ3) is 4.37. The van der Waals surface area contributed by atoms with Crippen molar-refractivity contribution in [1.29, 1.82) is 0 Å². The van der Waals surface area contributed by atoms with Crippen LogP contribution < -0.4 is 15.5 Å². The fourth-order valence-electron chi connectivity index (χ4n) is 3.45. The van der Waals surface area contributed by atoms with Gasteiger partial charge in [0.25, 0.3) is 0 Å². The van der Waals surface area contributed by atoms with E-state index in [-0.39, 0.29) is 0 Å². The molecule has 1 heterocycles.